The van der Waals surface area contributed by atoms with Crippen molar-refractivity contribution in [3.8, 4) is 0 Å². The molecule has 1 fully saturated rings. The van der Waals surface area contributed by atoms with Crippen molar-refractivity contribution in [3.63, 3.8) is 0 Å². The second-order valence-electron chi connectivity index (χ2n) is 6.02. The Labute approximate surface area is 137 Å². The summed E-state index contributed by atoms with van der Waals surface area (Å²) in [7, 11) is 0. The summed E-state index contributed by atoms with van der Waals surface area (Å²) in [6.45, 7) is 7.93. The number of thioether (sulfide) groups is 1. The van der Waals surface area contributed by atoms with Crippen molar-refractivity contribution < 1.29 is 9.32 Å². The number of nitrogens with zero attached hydrogens (tertiary/aromatic N) is 1. The summed E-state index contributed by atoms with van der Waals surface area (Å²) in [4.78, 5) is 12.2. The highest BCUT2D eigenvalue weighted by atomic mass is 32.2. The Morgan fingerprint density at radius 1 is 1.45 bits per heavy atom. The first-order valence-corrected chi connectivity index (χ1v) is 9.17. The number of aryl methyl sites for hydroxylation is 2. The number of hydrogen-bond donors (Lipinski definition) is 2. The van der Waals surface area contributed by atoms with Gasteiger partial charge in [-0.15, -0.1) is 0 Å². The molecule has 1 aliphatic carbocycles. The molecular formula is C16H27N3O2S. The molecule has 2 N–H and O–H groups in total. The van der Waals surface area contributed by atoms with Gasteiger partial charge < -0.3 is 15.2 Å². The molecule has 1 aromatic rings. The van der Waals surface area contributed by atoms with E-state index in [1.807, 2.05) is 32.5 Å². The number of aromatic nitrogens is 1. The Morgan fingerprint density at radius 3 is 2.86 bits per heavy atom. The van der Waals surface area contributed by atoms with Gasteiger partial charge in [0.15, 0.2) is 0 Å². The molecule has 0 spiro atoms. The van der Waals surface area contributed by atoms with Crippen LogP contribution in [0.2, 0.25) is 0 Å². The van der Waals surface area contributed by atoms with Crippen molar-refractivity contribution in [2.45, 2.75) is 70.7 Å². The number of rotatable bonds is 5. The normalized spacial score (nSPS) is 23.1. The van der Waals surface area contributed by atoms with Gasteiger partial charge in [-0.3, -0.25) is 0 Å². The maximum Gasteiger partial charge on any atom is 0.315 e. The smallest absolute Gasteiger partial charge is 0.315 e. The van der Waals surface area contributed by atoms with Gasteiger partial charge in [0, 0.05) is 16.9 Å². The van der Waals surface area contributed by atoms with E-state index in [0.717, 1.165) is 35.6 Å². The van der Waals surface area contributed by atoms with Crippen molar-refractivity contribution in [1.29, 1.82) is 0 Å². The van der Waals surface area contributed by atoms with E-state index in [1.165, 1.54) is 12.8 Å². The number of carbonyl (C=O) groups is 1. The van der Waals surface area contributed by atoms with Crippen LogP contribution in [0, 0.1) is 13.8 Å². The summed E-state index contributed by atoms with van der Waals surface area (Å²) in [6, 6.07) is 0.0879. The van der Waals surface area contributed by atoms with Crippen LogP contribution in [0.4, 0.5) is 4.79 Å². The van der Waals surface area contributed by atoms with E-state index in [-0.39, 0.29) is 18.1 Å². The number of hydrogen-bond acceptors (Lipinski definition) is 4. The van der Waals surface area contributed by atoms with Crippen molar-refractivity contribution in [2.75, 3.05) is 5.75 Å². The Balaban J connectivity index is 1.85. The minimum Gasteiger partial charge on any atom is -0.361 e. The topological polar surface area (TPSA) is 67.2 Å². The Bertz CT molecular complexity index is 482. The maximum atomic E-state index is 12.2. The zero-order chi connectivity index (χ0) is 16.1. The number of amides is 2. The predicted octanol–water partition coefficient (Wildman–Crippen LogP) is 3.72. The van der Waals surface area contributed by atoms with Crippen LogP contribution >= 0.6 is 11.8 Å². The highest BCUT2D eigenvalue weighted by Gasteiger charge is 2.24. The Kier molecular flexibility index (Phi) is 6.17. The Morgan fingerprint density at radius 2 is 2.23 bits per heavy atom. The molecule has 0 radical (unpaired) electrons. The zero-order valence-corrected chi connectivity index (χ0v) is 14.8. The van der Waals surface area contributed by atoms with E-state index in [2.05, 4.69) is 22.7 Å². The fourth-order valence-corrected chi connectivity index (χ4v) is 4.44. The van der Waals surface area contributed by atoms with Gasteiger partial charge in [-0.2, -0.15) is 11.8 Å². The first-order chi connectivity index (χ1) is 10.5. The monoisotopic (exact) mass is 325 g/mol. The summed E-state index contributed by atoms with van der Waals surface area (Å²) in [6.07, 6.45) is 4.62. The van der Waals surface area contributed by atoms with Gasteiger partial charge in [0.1, 0.15) is 5.76 Å². The van der Waals surface area contributed by atoms with Crippen molar-refractivity contribution in [1.82, 2.24) is 15.8 Å². The fraction of sp³-hybridized carbons (Fsp3) is 0.750. The molecule has 3 atom stereocenters. The van der Waals surface area contributed by atoms with Crippen LogP contribution in [0.15, 0.2) is 4.52 Å². The van der Waals surface area contributed by atoms with Gasteiger partial charge in [-0.25, -0.2) is 4.79 Å². The molecular weight excluding hydrogens is 298 g/mol. The molecule has 2 rings (SSSR count). The van der Waals surface area contributed by atoms with Crippen LogP contribution in [0.3, 0.4) is 0 Å². The molecule has 0 saturated heterocycles. The van der Waals surface area contributed by atoms with Gasteiger partial charge in [-0.1, -0.05) is 18.5 Å². The summed E-state index contributed by atoms with van der Waals surface area (Å²) >= 11 is 2.01. The van der Waals surface area contributed by atoms with Crippen molar-refractivity contribution in [3.05, 3.63) is 17.0 Å². The van der Waals surface area contributed by atoms with Gasteiger partial charge in [0.2, 0.25) is 0 Å². The standard InChI is InChI=1S/C16H27N3O2S/c1-5-22-14-8-6-7-13(9-14)18-16(20)17-10(2)15-11(3)19-21-12(15)4/h10,13-14H,5-9H2,1-4H3,(H2,17,18,20). The summed E-state index contributed by atoms with van der Waals surface area (Å²) in [5.41, 5.74) is 1.81. The average Bonchev–Trinajstić information content (AvgIpc) is 2.78. The summed E-state index contributed by atoms with van der Waals surface area (Å²) < 4.78 is 5.16. The van der Waals surface area contributed by atoms with Gasteiger partial charge >= 0.3 is 6.03 Å². The third-order valence-electron chi connectivity index (χ3n) is 4.23. The molecule has 1 aromatic heterocycles. The Hall–Kier alpha value is -1.17. The number of carbonyl (C=O) groups excluding carboxylic acids is 1. The van der Waals surface area contributed by atoms with Gasteiger partial charge in [-0.05, 0) is 45.8 Å². The first kappa shape index (κ1) is 17.2. The van der Waals surface area contributed by atoms with Crippen LogP contribution in [0.5, 0.6) is 0 Å². The third-order valence-corrected chi connectivity index (χ3v) is 5.47. The molecule has 6 heteroatoms. The van der Waals surface area contributed by atoms with E-state index in [4.69, 9.17) is 4.52 Å². The van der Waals surface area contributed by atoms with E-state index < -0.39 is 0 Å². The number of nitrogens with one attached hydrogen (secondary N) is 2. The minimum atomic E-state index is -0.101. The summed E-state index contributed by atoms with van der Waals surface area (Å²) in [5.74, 6) is 1.91. The van der Waals surface area contributed by atoms with Crippen LogP contribution in [-0.2, 0) is 0 Å². The van der Waals surface area contributed by atoms with Crippen molar-refractivity contribution >= 4 is 17.8 Å². The predicted molar refractivity (Wildman–Crippen MR) is 90.2 cm³/mol. The summed E-state index contributed by atoms with van der Waals surface area (Å²) in [5, 5.41) is 10.8. The highest BCUT2D eigenvalue weighted by Crippen LogP contribution is 2.28. The molecule has 0 bridgehead atoms. The minimum absolute atomic E-state index is 0.0975. The van der Waals surface area contributed by atoms with E-state index in [1.54, 1.807) is 0 Å². The van der Waals surface area contributed by atoms with Crippen molar-refractivity contribution in [2.24, 2.45) is 0 Å². The molecule has 124 valence electrons. The SMILES string of the molecule is CCSC1CCCC(NC(=O)NC(C)c2c(C)noc2C)C1. The van der Waals surface area contributed by atoms with Gasteiger partial charge in [0.25, 0.3) is 0 Å². The lowest BCUT2D eigenvalue weighted by atomic mass is 9.95. The average molecular weight is 325 g/mol. The third kappa shape index (κ3) is 4.41. The second-order valence-corrected chi connectivity index (χ2v) is 7.60. The van der Waals surface area contributed by atoms with Crippen LogP contribution in [0.25, 0.3) is 0 Å². The number of urea groups is 1. The van der Waals surface area contributed by atoms with Crippen LogP contribution in [-0.4, -0.2) is 28.2 Å². The van der Waals surface area contributed by atoms with E-state index in [0.29, 0.717) is 5.25 Å². The lowest BCUT2D eigenvalue weighted by Crippen LogP contribution is -2.45. The zero-order valence-electron chi connectivity index (χ0n) is 13.9. The van der Waals surface area contributed by atoms with E-state index in [9.17, 15) is 4.79 Å². The van der Waals surface area contributed by atoms with Crippen LogP contribution in [0.1, 0.15) is 62.6 Å². The van der Waals surface area contributed by atoms with Gasteiger partial charge in [0.05, 0.1) is 11.7 Å². The largest absolute Gasteiger partial charge is 0.361 e. The lowest BCUT2D eigenvalue weighted by molar-refractivity contribution is 0.230. The molecule has 1 aliphatic rings. The second kappa shape index (κ2) is 7.90. The molecule has 1 saturated carbocycles. The lowest BCUT2D eigenvalue weighted by Gasteiger charge is -2.29. The maximum absolute atomic E-state index is 12.2. The quantitative estimate of drug-likeness (QED) is 0.866. The molecule has 1 heterocycles. The molecule has 0 aromatic carbocycles. The molecule has 3 unspecified atom stereocenters. The first-order valence-electron chi connectivity index (χ1n) is 8.12. The van der Waals surface area contributed by atoms with Crippen LogP contribution < -0.4 is 10.6 Å². The van der Waals surface area contributed by atoms with E-state index >= 15 is 0 Å². The molecule has 0 aliphatic heterocycles. The molecule has 22 heavy (non-hydrogen) atoms. The molecule has 5 nitrogen and oxygen atoms in total. The highest BCUT2D eigenvalue weighted by molar-refractivity contribution is 7.99. The fourth-order valence-electron chi connectivity index (χ4n) is 3.27. The molecule has 2 amide bonds.